The Kier molecular flexibility index (Phi) is 5.99. The molecule has 1 aromatic heterocycles. The lowest BCUT2D eigenvalue weighted by atomic mass is 10.1. The number of benzene rings is 2. The van der Waals surface area contributed by atoms with Crippen molar-refractivity contribution in [1.29, 1.82) is 0 Å². The smallest absolute Gasteiger partial charge is 0.345 e. The number of aromatic hydroxyl groups is 1. The van der Waals surface area contributed by atoms with Gasteiger partial charge >= 0.3 is 5.69 Å². The monoisotopic (exact) mass is 420 g/mol. The second-order valence-corrected chi connectivity index (χ2v) is 7.43. The molecule has 3 N–H and O–H groups in total. The van der Waals surface area contributed by atoms with Gasteiger partial charge in [-0.1, -0.05) is 12.1 Å². The zero-order chi connectivity index (χ0) is 21.8. The molecular formula is C23H24N4O4. The largest absolute Gasteiger partial charge is 0.508 e. The molecule has 8 nitrogen and oxygen atoms in total. The van der Waals surface area contributed by atoms with Crippen LogP contribution in [0.15, 0.2) is 53.3 Å². The van der Waals surface area contributed by atoms with Gasteiger partial charge in [-0.05, 0) is 48.9 Å². The zero-order valence-corrected chi connectivity index (χ0v) is 17.2. The van der Waals surface area contributed by atoms with Gasteiger partial charge in [0.15, 0.2) is 6.61 Å². The molecule has 31 heavy (non-hydrogen) atoms. The predicted octanol–water partition coefficient (Wildman–Crippen LogP) is 1.93. The summed E-state index contributed by atoms with van der Waals surface area (Å²) in [6.07, 6.45) is 0. The number of amides is 1. The van der Waals surface area contributed by atoms with Crippen molar-refractivity contribution in [1.82, 2.24) is 20.2 Å². The van der Waals surface area contributed by atoms with Crippen molar-refractivity contribution in [2.24, 2.45) is 0 Å². The summed E-state index contributed by atoms with van der Waals surface area (Å²) in [5.41, 5.74) is 2.78. The molecule has 160 valence electrons. The molecule has 1 fully saturated rings. The van der Waals surface area contributed by atoms with Gasteiger partial charge in [0, 0.05) is 37.3 Å². The first kappa shape index (κ1) is 20.6. The Morgan fingerprint density at radius 2 is 1.94 bits per heavy atom. The lowest BCUT2D eigenvalue weighted by Crippen LogP contribution is -2.47. The molecule has 3 aromatic rings. The highest BCUT2D eigenvalue weighted by atomic mass is 16.5. The topological polar surface area (TPSA) is 108 Å². The number of hydrogen-bond donors (Lipinski definition) is 3. The van der Waals surface area contributed by atoms with E-state index in [9.17, 15) is 14.7 Å². The van der Waals surface area contributed by atoms with Crippen LogP contribution in [0.2, 0.25) is 0 Å². The number of aromatic amines is 1. The maximum atomic E-state index is 12.3. The van der Waals surface area contributed by atoms with Crippen LogP contribution in [0.5, 0.6) is 11.5 Å². The lowest BCUT2D eigenvalue weighted by molar-refractivity contribution is -0.133. The number of phenolic OH excluding ortho intramolecular Hbond substituents is 1. The number of ether oxygens (including phenoxy) is 1. The fourth-order valence-electron chi connectivity index (χ4n) is 3.48. The normalized spacial score (nSPS) is 13.8. The number of hydrogen-bond acceptors (Lipinski definition) is 6. The van der Waals surface area contributed by atoms with Gasteiger partial charge in [0.2, 0.25) is 0 Å². The third kappa shape index (κ3) is 4.92. The lowest BCUT2D eigenvalue weighted by Gasteiger charge is -2.27. The van der Waals surface area contributed by atoms with E-state index in [0.29, 0.717) is 35.8 Å². The van der Waals surface area contributed by atoms with E-state index in [4.69, 9.17) is 4.74 Å². The predicted molar refractivity (Wildman–Crippen MR) is 117 cm³/mol. The number of nitrogens with one attached hydrogen (secondary N) is 2. The number of H-pyrrole nitrogens is 1. The maximum Gasteiger partial charge on any atom is 0.345 e. The highest BCUT2D eigenvalue weighted by Gasteiger charge is 2.16. The first-order valence-corrected chi connectivity index (χ1v) is 10.1. The molecule has 1 saturated heterocycles. The molecule has 0 spiro atoms. The summed E-state index contributed by atoms with van der Waals surface area (Å²) in [5.74, 6) is 0.684. The van der Waals surface area contributed by atoms with Crippen LogP contribution < -0.4 is 15.7 Å². The minimum absolute atomic E-state index is 0.0334. The van der Waals surface area contributed by atoms with Crippen LogP contribution in [0.4, 0.5) is 0 Å². The highest BCUT2D eigenvalue weighted by molar-refractivity contribution is 5.78. The second kappa shape index (κ2) is 9.01. The van der Waals surface area contributed by atoms with E-state index in [-0.39, 0.29) is 18.3 Å². The SMILES string of the molecule is Cc1cc(-c2cc(-c3cccc(OCC(=O)N4CCNCC4)c3)[nH]c(=O)n2)ccc1O. The van der Waals surface area contributed by atoms with Crippen molar-refractivity contribution in [3.05, 3.63) is 64.6 Å². The molecule has 0 bridgehead atoms. The van der Waals surface area contributed by atoms with Crippen molar-refractivity contribution in [2.45, 2.75) is 6.92 Å². The number of carbonyl (C=O) groups is 1. The fourth-order valence-corrected chi connectivity index (χ4v) is 3.48. The summed E-state index contributed by atoms with van der Waals surface area (Å²) in [6.45, 7) is 4.70. The molecule has 2 aromatic carbocycles. The van der Waals surface area contributed by atoms with Crippen LogP contribution in [0, 0.1) is 6.92 Å². The fraction of sp³-hybridized carbons (Fsp3) is 0.261. The maximum absolute atomic E-state index is 12.3. The molecule has 4 rings (SSSR count). The Hall–Kier alpha value is -3.65. The Balaban J connectivity index is 1.54. The summed E-state index contributed by atoms with van der Waals surface area (Å²) in [7, 11) is 0. The summed E-state index contributed by atoms with van der Waals surface area (Å²) in [4.78, 5) is 33.1. The van der Waals surface area contributed by atoms with Gasteiger partial charge in [0.1, 0.15) is 11.5 Å². The van der Waals surface area contributed by atoms with Gasteiger partial charge in [-0.25, -0.2) is 4.79 Å². The third-order valence-corrected chi connectivity index (χ3v) is 5.21. The molecule has 0 radical (unpaired) electrons. The molecule has 8 heteroatoms. The number of aryl methyl sites for hydroxylation is 1. The van der Waals surface area contributed by atoms with Gasteiger partial charge < -0.3 is 25.0 Å². The van der Waals surface area contributed by atoms with Crippen LogP contribution in [0.1, 0.15) is 5.56 Å². The van der Waals surface area contributed by atoms with E-state index in [1.807, 2.05) is 12.1 Å². The number of carbonyl (C=O) groups excluding carboxylic acids is 1. The Bertz CT molecular complexity index is 1150. The van der Waals surface area contributed by atoms with Crippen LogP contribution in [0.25, 0.3) is 22.5 Å². The van der Waals surface area contributed by atoms with Crippen molar-refractivity contribution in [2.75, 3.05) is 32.8 Å². The van der Waals surface area contributed by atoms with E-state index < -0.39 is 5.69 Å². The summed E-state index contributed by atoms with van der Waals surface area (Å²) in [6, 6.07) is 14.1. The van der Waals surface area contributed by atoms with E-state index in [2.05, 4.69) is 15.3 Å². The second-order valence-electron chi connectivity index (χ2n) is 7.43. The molecule has 1 amide bonds. The van der Waals surface area contributed by atoms with E-state index in [0.717, 1.165) is 24.2 Å². The number of phenols is 1. The van der Waals surface area contributed by atoms with Crippen molar-refractivity contribution in [3.63, 3.8) is 0 Å². The van der Waals surface area contributed by atoms with Gasteiger partial charge in [-0.2, -0.15) is 4.98 Å². The summed E-state index contributed by atoms with van der Waals surface area (Å²) < 4.78 is 5.71. The van der Waals surface area contributed by atoms with Gasteiger partial charge in [0.05, 0.1) is 11.4 Å². The molecular weight excluding hydrogens is 396 g/mol. The number of rotatable bonds is 5. The number of nitrogens with zero attached hydrogens (tertiary/aromatic N) is 2. The molecule has 0 saturated carbocycles. The standard InChI is InChI=1S/C23H24N4O4/c1-15-11-17(5-6-21(15)28)20-13-19(25-23(30)26-20)16-3-2-4-18(12-16)31-14-22(29)27-9-7-24-8-10-27/h2-6,11-13,24,28H,7-10,14H2,1H3,(H,25,26,30). The third-order valence-electron chi connectivity index (χ3n) is 5.21. The first-order valence-electron chi connectivity index (χ1n) is 10.1. The summed E-state index contributed by atoms with van der Waals surface area (Å²) in [5, 5.41) is 13.0. The van der Waals surface area contributed by atoms with Crippen molar-refractivity contribution >= 4 is 5.91 Å². The van der Waals surface area contributed by atoms with Crippen molar-refractivity contribution < 1.29 is 14.6 Å². The number of aromatic nitrogens is 2. The highest BCUT2D eigenvalue weighted by Crippen LogP contribution is 2.27. The molecule has 0 unspecified atom stereocenters. The van der Waals surface area contributed by atoms with E-state index in [1.54, 1.807) is 48.2 Å². The van der Waals surface area contributed by atoms with Gasteiger partial charge in [0.25, 0.3) is 5.91 Å². The van der Waals surface area contributed by atoms with Gasteiger partial charge in [-0.15, -0.1) is 0 Å². The van der Waals surface area contributed by atoms with Crippen LogP contribution in [0.3, 0.4) is 0 Å². The summed E-state index contributed by atoms with van der Waals surface area (Å²) >= 11 is 0. The molecule has 1 aliphatic heterocycles. The van der Waals surface area contributed by atoms with Crippen molar-refractivity contribution in [3.8, 4) is 34.0 Å². The minimum atomic E-state index is -0.474. The van der Waals surface area contributed by atoms with E-state index in [1.165, 1.54) is 0 Å². The van der Waals surface area contributed by atoms with E-state index >= 15 is 0 Å². The minimum Gasteiger partial charge on any atom is -0.508 e. The van der Waals surface area contributed by atoms with Crippen LogP contribution in [-0.2, 0) is 4.79 Å². The first-order chi connectivity index (χ1) is 15.0. The Morgan fingerprint density at radius 1 is 1.13 bits per heavy atom. The molecule has 0 aliphatic carbocycles. The average Bonchev–Trinajstić information content (AvgIpc) is 2.79. The van der Waals surface area contributed by atoms with Crippen LogP contribution >= 0.6 is 0 Å². The zero-order valence-electron chi connectivity index (χ0n) is 17.2. The average molecular weight is 420 g/mol. The van der Waals surface area contributed by atoms with Gasteiger partial charge in [-0.3, -0.25) is 4.79 Å². The molecule has 1 aliphatic rings. The number of piperazine rings is 1. The quantitative estimate of drug-likeness (QED) is 0.582. The molecule has 0 atom stereocenters. The Labute approximate surface area is 179 Å². The Morgan fingerprint density at radius 3 is 2.71 bits per heavy atom. The molecule has 2 heterocycles. The van der Waals surface area contributed by atoms with Crippen LogP contribution in [-0.4, -0.2) is 58.7 Å².